The van der Waals surface area contributed by atoms with E-state index in [4.69, 9.17) is 19.9 Å². The summed E-state index contributed by atoms with van der Waals surface area (Å²) in [5.74, 6) is -0.353. The lowest BCUT2D eigenvalue weighted by molar-refractivity contribution is -0.270. The van der Waals surface area contributed by atoms with E-state index < -0.39 is 43.4 Å². The van der Waals surface area contributed by atoms with Crippen molar-refractivity contribution in [1.29, 1.82) is 0 Å². The summed E-state index contributed by atoms with van der Waals surface area (Å²) >= 11 is 0. The second-order valence-corrected chi connectivity index (χ2v) is 10.2. The van der Waals surface area contributed by atoms with E-state index in [1.54, 1.807) is 0 Å². The van der Waals surface area contributed by atoms with Gasteiger partial charge in [-0.3, -0.25) is 4.79 Å². The Labute approximate surface area is 217 Å². The molecule has 0 saturated carbocycles. The zero-order chi connectivity index (χ0) is 26.6. The lowest BCUT2D eigenvalue weighted by Gasteiger charge is -2.40. The summed E-state index contributed by atoms with van der Waals surface area (Å²) < 4.78 is 15.8. The lowest BCUT2D eigenvalue weighted by atomic mass is 9.98. The number of carbonyl (C=O) groups excluding carboxylic acids is 1. The van der Waals surface area contributed by atoms with E-state index in [0.29, 0.717) is 6.42 Å². The van der Waals surface area contributed by atoms with Crippen LogP contribution in [0.1, 0.15) is 110 Å². The summed E-state index contributed by atoms with van der Waals surface area (Å²) in [4.78, 5) is 11.9. The molecule has 9 heteroatoms. The van der Waals surface area contributed by atoms with E-state index in [0.717, 1.165) is 19.3 Å². The Morgan fingerprint density at radius 1 is 0.833 bits per heavy atom. The molecule has 1 unspecified atom stereocenters. The van der Waals surface area contributed by atoms with Crippen LogP contribution >= 0.6 is 0 Å². The van der Waals surface area contributed by atoms with Gasteiger partial charge in [0, 0.05) is 6.42 Å². The summed E-state index contributed by atoms with van der Waals surface area (Å²) in [6.45, 7) is 1.30. The SMILES string of the molecule is CCCCCCCCCCCCCCCCCC(=O)OCC(O)CO[C@@H]1O[C@H](CO)[C@@H](O)[C@H](O)[C@H]1N. The molecule has 9 nitrogen and oxygen atoms in total. The van der Waals surface area contributed by atoms with Gasteiger partial charge >= 0.3 is 5.97 Å². The van der Waals surface area contributed by atoms with Gasteiger partial charge in [0.25, 0.3) is 0 Å². The Balaban J connectivity index is 1.94. The molecule has 1 rings (SSSR count). The molecule has 6 N–H and O–H groups in total. The van der Waals surface area contributed by atoms with Crippen molar-refractivity contribution in [3.05, 3.63) is 0 Å². The summed E-state index contributed by atoms with van der Waals surface area (Å²) in [5, 5.41) is 38.9. The van der Waals surface area contributed by atoms with Crippen molar-refractivity contribution in [1.82, 2.24) is 0 Å². The first-order chi connectivity index (χ1) is 17.4. The van der Waals surface area contributed by atoms with Crippen LogP contribution in [0, 0.1) is 0 Å². The largest absolute Gasteiger partial charge is 0.463 e. The van der Waals surface area contributed by atoms with Crippen molar-refractivity contribution < 1.29 is 39.4 Å². The fourth-order valence-electron chi connectivity index (χ4n) is 4.41. The number of carbonyl (C=O) groups is 1. The van der Waals surface area contributed by atoms with Gasteiger partial charge < -0.3 is 40.4 Å². The first-order valence-corrected chi connectivity index (χ1v) is 14.2. The van der Waals surface area contributed by atoms with Gasteiger partial charge in [0.05, 0.1) is 19.3 Å². The number of esters is 1. The predicted octanol–water partition coefficient (Wildman–Crippen LogP) is 2.93. The highest BCUT2D eigenvalue weighted by atomic mass is 16.7. The molecule has 1 saturated heterocycles. The van der Waals surface area contributed by atoms with E-state index in [-0.39, 0.29) is 19.2 Å². The third-order valence-electron chi connectivity index (χ3n) is 6.80. The van der Waals surface area contributed by atoms with Crippen molar-refractivity contribution >= 4 is 5.97 Å². The maximum atomic E-state index is 11.9. The number of hydrogen-bond donors (Lipinski definition) is 5. The molecule has 0 spiro atoms. The Morgan fingerprint density at radius 2 is 1.33 bits per heavy atom. The van der Waals surface area contributed by atoms with E-state index >= 15 is 0 Å². The average Bonchev–Trinajstić information content (AvgIpc) is 2.88. The minimum Gasteiger partial charge on any atom is -0.463 e. The normalized spacial score (nSPS) is 25.1. The number of aliphatic hydroxyl groups is 4. The van der Waals surface area contributed by atoms with Gasteiger partial charge in [-0.15, -0.1) is 0 Å². The molecule has 0 aliphatic carbocycles. The summed E-state index contributed by atoms with van der Waals surface area (Å²) in [6.07, 6.45) is 13.4. The Bertz CT molecular complexity index is 536. The van der Waals surface area contributed by atoms with Gasteiger partial charge in [-0.2, -0.15) is 0 Å². The average molecular weight is 520 g/mol. The fraction of sp³-hybridized carbons (Fsp3) is 0.963. The lowest BCUT2D eigenvalue weighted by Crippen LogP contribution is -2.62. The number of aliphatic hydroxyl groups excluding tert-OH is 4. The molecule has 0 amide bonds. The maximum absolute atomic E-state index is 11.9. The Morgan fingerprint density at radius 3 is 1.83 bits per heavy atom. The first-order valence-electron chi connectivity index (χ1n) is 14.2. The zero-order valence-corrected chi connectivity index (χ0v) is 22.4. The molecule has 1 heterocycles. The van der Waals surface area contributed by atoms with Crippen molar-refractivity contribution in [3.8, 4) is 0 Å². The number of unbranched alkanes of at least 4 members (excludes halogenated alkanes) is 14. The number of ether oxygens (including phenoxy) is 3. The topological polar surface area (TPSA) is 152 Å². The molecule has 1 fully saturated rings. The summed E-state index contributed by atoms with van der Waals surface area (Å²) in [7, 11) is 0. The van der Waals surface area contributed by atoms with Crippen molar-refractivity contribution in [2.24, 2.45) is 5.73 Å². The third-order valence-corrected chi connectivity index (χ3v) is 6.80. The smallest absolute Gasteiger partial charge is 0.305 e. The molecule has 36 heavy (non-hydrogen) atoms. The van der Waals surface area contributed by atoms with Gasteiger partial charge in [-0.25, -0.2) is 0 Å². The van der Waals surface area contributed by atoms with E-state index in [9.17, 15) is 25.2 Å². The molecule has 0 bridgehead atoms. The van der Waals surface area contributed by atoms with Crippen molar-refractivity contribution in [3.63, 3.8) is 0 Å². The standard InChI is InChI=1S/C27H53NO8/c1-2-3-4-5-6-7-8-9-10-11-12-13-14-15-16-17-23(31)34-19-21(30)20-35-27-24(28)26(33)25(32)22(18-29)36-27/h21-22,24-27,29-30,32-33H,2-20,28H2,1H3/t21?,22-,24-,25-,26-,27-/m1/s1. The molecule has 0 radical (unpaired) electrons. The van der Waals surface area contributed by atoms with Gasteiger partial charge in [0.1, 0.15) is 31.0 Å². The quantitative estimate of drug-likeness (QED) is 0.107. The minimum atomic E-state index is -1.33. The molecular formula is C27H53NO8. The second kappa shape index (κ2) is 21.2. The second-order valence-electron chi connectivity index (χ2n) is 10.2. The predicted molar refractivity (Wildman–Crippen MR) is 138 cm³/mol. The summed E-state index contributed by atoms with van der Waals surface area (Å²) in [5.41, 5.74) is 5.78. The maximum Gasteiger partial charge on any atom is 0.305 e. The first kappa shape index (κ1) is 33.2. The highest BCUT2D eigenvalue weighted by Gasteiger charge is 2.43. The number of nitrogens with two attached hydrogens (primary N) is 1. The molecular weight excluding hydrogens is 466 g/mol. The van der Waals surface area contributed by atoms with Crippen LogP contribution in [0.2, 0.25) is 0 Å². The number of rotatable bonds is 22. The van der Waals surface area contributed by atoms with Crippen LogP contribution in [0.25, 0.3) is 0 Å². The van der Waals surface area contributed by atoms with E-state index in [1.165, 1.54) is 77.0 Å². The van der Waals surface area contributed by atoms with Crippen LogP contribution < -0.4 is 5.73 Å². The Hall–Kier alpha value is -0.810. The molecule has 0 aromatic rings. The van der Waals surface area contributed by atoms with E-state index in [1.807, 2.05) is 0 Å². The molecule has 0 aromatic heterocycles. The van der Waals surface area contributed by atoms with Crippen LogP contribution in [-0.4, -0.2) is 83.0 Å². The van der Waals surface area contributed by atoms with Crippen LogP contribution in [-0.2, 0) is 19.0 Å². The van der Waals surface area contributed by atoms with Crippen LogP contribution in [0.3, 0.4) is 0 Å². The van der Waals surface area contributed by atoms with Gasteiger partial charge in [0.15, 0.2) is 6.29 Å². The van der Waals surface area contributed by atoms with E-state index in [2.05, 4.69) is 6.92 Å². The molecule has 214 valence electrons. The molecule has 0 aromatic carbocycles. The van der Waals surface area contributed by atoms with Crippen LogP contribution in [0.5, 0.6) is 0 Å². The van der Waals surface area contributed by atoms with Crippen LogP contribution in [0.4, 0.5) is 0 Å². The minimum absolute atomic E-state index is 0.214. The highest BCUT2D eigenvalue weighted by molar-refractivity contribution is 5.69. The monoisotopic (exact) mass is 519 g/mol. The fourth-order valence-corrected chi connectivity index (χ4v) is 4.41. The van der Waals surface area contributed by atoms with Crippen molar-refractivity contribution in [2.75, 3.05) is 19.8 Å². The highest BCUT2D eigenvalue weighted by Crippen LogP contribution is 2.21. The van der Waals surface area contributed by atoms with Crippen LogP contribution in [0.15, 0.2) is 0 Å². The zero-order valence-electron chi connectivity index (χ0n) is 22.4. The number of hydrogen-bond acceptors (Lipinski definition) is 9. The molecule has 1 aliphatic rings. The van der Waals surface area contributed by atoms with Gasteiger partial charge in [-0.1, -0.05) is 96.8 Å². The molecule has 1 aliphatic heterocycles. The summed E-state index contributed by atoms with van der Waals surface area (Å²) in [6, 6.07) is -1.04. The Kier molecular flexibility index (Phi) is 19.5. The van der Waals surface area contributed by atoms with Crippen molar-refractivity contribution in [2.45, 2.75) is 146 Å². The van der Waals surface area contributed by atoms with Gasteiger partial charge in [-0.05, 0) is 6.42 Å². The molecule has 6 atom stereocenters. The van der Waals surface area contributed by atoms with Gasteiger partial charge in [0.2, 0.25) is 0 Å². The third kappa shape index (κ3) is 14.8.